The van der Waals surface area contributed by atoms with Gasteiger partial charge in [0.25, 0.3) is 0 Å². The van der Waals surface area contributed by atoms with E-state index in [1.54, 1.807) is 6.20 Å². The number of hydrogen-bond donors (Lipinski definition) is 1. The van der Waals surface area contributed by atoms with E-state index in [1.807, 2.05) is 0 Å². The summed E-state index contributed by atoms with van der Waals surface area (Å²) in [6.07, 6.45) is 4.49. The molecule has 1 aromatic heterocycles. The molecule has 3 rings (SSSR count). The van der Waals surface area contributed by atoms with E-state index in [2.05, 4.69) is 10.3 Å². The first-order valence-corrected chi connectivity index (χ1v) is 9.42. The van der Waals surface area contributed by atoms with Gasteiger partial charge in [-0.2, -0.15) is 0 Å². The molecule has 0 bridgehead atoms. The third-order valence-corrected chi connectivity index (χ3v) is 6.05. The minimum atomic E-state index is -4.01. The van der Waals surface area contributed by atoms with Crippen molar-refractivity contribution in [2.24, 2.45) is 0 Å². The fraction of sp³-hybridized carbons (Fsp3) is 0.111. The maximum Gasteiger partial charge on any atom is 0.242 e. The van der Waals surface area contributed by atoms with Crippen LogP contribution in [0.2, 0.25) is 0 Å². The van der Waals surface area contributed by atoms with Crippen LogP contribution in [0.1, 0.15) is 6.92 Å². The third-order valence-electron chi connectivity index (χ3n) is 3.97. The van der Waals surface area contributed by atoms with Crippen molar-refractivity contribution in [3.05, 3.63) is 72.8 Å². The van der Waals surface area contributed by atoms with Gasteiger partial charge in [-0.15, -0.1) is 0 Å². The zero-order valence-corrected chi connectivity index (χ0v) is 15.0. The molecule has 0 aliphatic rings. The first-order chi connectivity index (χ1) is 12.8. The van der Waals surface area contributed by atoms with Crippen LogP contribution in [-0.2, 0) is 14.6 Å². The topological polar surface area (TPSA) is 81.1 Å². The molecular weight excluding hydrogens is 376 g/mol. The molecule has 0 fully saturated rings. The number of benzene rings is 2. The molecule has 9 heteroatoms. The number of amides is 1. The number of nitrogens with zero attached hydrogens (tertiary/aromatic N) is 2. The maximum atomic E-state index is 14.2. The van der Waals surface area contributed by atoms with E-state index >= 15 is 0 Å². The summed E-state index contributed by atoms with van der Waals surface area (Å²) in [5.41, 5.74) is 0.347. The first kappa shape index (κ1) is 18.7. The van der Waals surface area contributed by atoms with Crippen LogP contribution in [-0.4, -0.2) is 29.1 Å². The molecular formula is C18H15F2N3O3S. The summed E-state index contributed by atoms with van der Waals surface area (Å²) < 4.78 is 53.7. The van der Waals surface area contributed by atoms with Crippen molar-refractivity contribution >= 4 is 21.4 Å². The van der Waals surface area contributed by atoms with Gasteiger partial charge in [0.05, 0.1) is 16.9 Å². The van der Waals surface area contributed by atoms with E-state index in [0.717, 1.165) is 30.3 Å². The number of halogens is 2. The lowest BCUT2D eigenvalue weighted by atomic mass is 10.2. The van der Waals surface area contributed by atoms with E-state index in [-0.39, 0.29) is 16.3 Å². The second-order valence-corrected chi connectivity index (χ2v) is 8.04. The predicted molar refractivity (Wildman–Crippen MR) is 95.2 cm³/mol. The second kappa shape index (κ2) is 7.28. The predicted octanol–water partition coefficient (Wildman–Crippen LogP) is 2.95. The van der Waals surface area contributed by atoms with Gasteiger partial charge < -0.3 is 9.88 Å². The van der Waals surface area contributed by atoms with Crippen LogP contribution in [0.15, 0.2) is 66.1 Å². The Labute approximate surface area is 154 Å². The van der Waals surface area contributed by atoms with E-state index in [4.69, 9.17) is 0 Å². The molecule has 0 spiro atoms. The molecule has 3 aromatic rings. The molecule has 0 saturated carbocycles. The average molecular weight is 391 g/mol. The third kappa shape index (κ3) is 3.87. The van der Waals surface area contributed by atoms with E-state index < -0.39 is 32.6 Å². The lowest BCUT2D eigenvalue weighted by Gasteiger charge is -2.14. The quantitative estimate of drug-likeness (QED) is 0.678. The van der Waals surface area contributed by atoms with Gasteiger partial charge in [-0.1, -0.05) is 0 Å². The molecule has 6 nitrogen and oxygen atoms in total. The van der Waals surface area contributed by atoms with Crippen LogP contribution in [0.5, 0.6) is 0 Å². The SMILES string of the molecule is CC(C(=O)Nc1ccc(-n2ccnc2)c(F)c1)S(=O)(=O)c1ccc(F)cc1. The van der Waals surface area contributed by atoms with Gasteiger partial charge >= 0.3 is 0 Å². The molecule has 1 heterocycles. The summed E-state index contributed by atoms with van der Waals surface area (Å²) in [5, 5.41) is 0.940. The number of sulfone groups is 1. The standard InChI is InChI=1S/C18H15F2N3O3S/c1-12(27(25,26)15-5-2-13(19)3-6-15)18(24)22-14-4-7-17(16(20)10-14)23-9-8-21-11-23/h2-12H,1H3,(H,22,24). The number of carbonyl (C=O) groups excluding carboxylic acids is 1. The van der Waals surface area contributed by atoms with Crippen molar-refractivity contribution < 1.29 is 22.0 Å². The summed E-state index contributed by atoms with van der Waals surface area (Å²) in [5.74, 6) is -2.02. The van der Waals surface area contributed by atoms with Gasteiger partial charge in [-0.3, -0.25) is 4.79 Å². The largest absolute Gasteiger partial charge is 0.325 e. The lowest BCUT2D eigenvalue weighted by Crippen LogP contribution is -2.32. The number of anilines is 1. The Morgan fingerprint density at radius 3 is 2.44 bits per heavy atom. The van der Waals surface area contributed by atoms with Crippen LogP contribution in [0.25, 0.3) is 5.69 Å². The molecule has 27 heavy (non-hydrogen) atoms. The molecule has 0 aliphatic carbocycles. The summed E-state index contributed by atoms with van der Waals surface area (Å²) in [4.78, 5) is 16.0. The van der Waals surface area contributed by atoms with Crippen molar-refractivity contribution in [1.82, 2.24) is 9.55 Å². The summed E-state index contributed by atoms with van der Waals surface area (Å²) in [7, 11) is -4.01. The average Bonchev–Trinajstić information content (AvgIpc) is 3.16. The molecule has 140 valence electrons. The van der Waals surface area contributed by atoms with Gasteiger partial charge in [-0.25, -0.2) is 22.2 Å². The Morgan fingerprint density at radius 2 is 1.85 bits per heavy atom. The molecule has 2 aromatic carbocycles. The van der Waals surface area contributed by atoms with Crippen molar-refractivity contribution in [2.75, 3.05) is 5.32 Å². The first-order valence-electron chi connectivity index (χ1n) is 7.87. The minimum absolute atomic E-state index is 0.113. The van der Waals surface area contributed by atoms with Crippen molar-refractivity contribution in [3.8, 4) is 5.69 Å². The van der Waals surface area contributed by atoms with Crippen LogP contribution in [0.4, 0.5) is 14.5 Å². The molecule has 0 aliphatic heterocycles. The Hall–Kier alpha value is -3.07. The van der Waals surface area contributed by atoms with Crippen LogP contribution in [0, 0.1) is 11.6 Å². The van der Waals surface area contributed by atoms with Crippen LogP contribution < -0.4 is 5.32 Å². The Balaban J connectivity index is 1.78. The summed E-state index contributed by atoms with van der Waals surface area (Å²) in [6.45, 7) is 1.21. The fourth-order valence-corrected chi connectivity index (χ4v) is 3.67. The van der Waals surface area contributed by atoms with Gasteiger partial charge in [-0.05, 0) is 49.4 Å². The summed E-state index contributed by atoms with van der Waals surface area (Å²) in [6, 6.07) is 8.16. The Bertz CT molecular complexity index is 1070. The van der Waals surface area contributed by atoms with E-state index in [0.29, 0.717) is 0 Å². The smallest absolute Gasteiger partial charge is 0.242 e. The normalized spacial score (nSPS) is 12.6. The highest BCUT2D eigenvalue weighted by molar-refractivity contribution is 7.92. The van der Waals surface area contributed by atoms with Gasteiger partial charge in [0.15, 0.2) is 9.84 Å². The highest BCUT2D eigenvalue weighted by Gasteiger charge is 2.30. The molecule has 1 unspecified atom stereocenters. The molecule has 1 amide bonds. The van der Waals surface area contributed by atoms with Gasteiger partial charge in [0.1, 0.15) is 16.9 Å². The maximum absolute atomic E-state index is 14.2. The minimum Gasteiger partial charge on any atom is -0.325 e. The van der Waals surface area contributed by atoms with Crippen molar-refractivity contribution in [3.63, 3.8) is 0 Å². The molecule has 1 atom stereocenters. The zero-order chi connectivity index (χ0) is 19.6. The Morgan fingerprint density at radius 1 is 1.15 bits per heavy atom. The summed E-state index contributed by atoms with van der Waals surface area (Å²) >= 11 is 0. The van der Waals surface area contributed by atoms with Gasteiger partial charge in [0.2, 0.25) is 5.91 Å². The number of rotatable bonds is 5. The lowest BCUT2D eigenvalue weighted by molar-refractivity contribution is -0.115. The number of aromatic nitrogens is 2. The number of imidazole rings is 1. The van der Waals surface area contributed by atoms with E-state index in [1.165, 1.54) is 36.1 Å². The Kier molecular flexibility index (Phi) is 5.04. The second-order valence-electron chi connectivity index (χ2n) is 5.77. The zero-order valence-electron chi connectivity index (χ0n) is 14.1. The van der Waals surface area contributed by atoms with Crippen LogP contribution in [0.3, 0.4) is 0 Å². The highest BCUT2D eigenvalue weighted by atomic mass is 32.2. The van der Waals surface area contributed by atoms with Gasteiger partial charge in [0, 0.05) is 18.1 Å². The fourth-order valence-electron chi connectivity index (χ4n) is 2.41. The van der Waals surface area contributed by atoms with Crippen molar-refractivity contribution in [2.45, 2.75) is 17.1 Å². The van der Waals surface area contributed by atoms with E-state index in [9.17, 15) is 22.0 Å². The number of carbonyl (C=O) groups is 1. The van der Waals surface area contributed by atoms with Crippen LogP contribution >= 0.6 is 0 Å². The molecule has 0 saturated heterocycles. The monoisotopic (exact) mass is 391 g/mol. The number of hydrogen-bond acceptors (Lipinski definition) is 4. The molecule has 1 N–H and O–H groups in total. The van der Waals surface area contributed by atoms with Crippen molar-refractivity contribution in [1.29, 1.82) is 0 Å². The number of nitrogens with one attached hydrogen (secondary N) is 1. The highest BCUT2D eigenvalue weighted by Crippen LogP contribution is 2.21. The molecule has 0 radical (unpaired) electrons.